The summed E-state index contributed by atoms with van der Waals surface area (Å²) in [5.41, 5.74) is 2.40. The van der Waals surface area contributed by atoms with Crippen molar-refractivity contribution in [1.29, 1.82) is 0 Å². The monoisotopic (exact) mass is 630 g/mol. The number of methoxy groups -OCH3 is 1. The van der Waals surface area contributed by atoms with Crippen LogP contribution in [0.2, 0.25) is 0 Å². The Bertz CT molecular complexity index is 1970. The van der Waals surface area contributed by atoms with Crippen LogP contribution in [-0.2, 0) is 25.9 Å². The first kappa shape index (κ1) is 30.2. The second-order valence-corrected chi connectivity index (χ2v) is 13.8. The van der Waals surface area contributed by atoms with Crippen molar-refractivity contribution in [2.75, 3.05) is 31.4 Å². The molecule has 45 heavy (non-hydrogen) atoms. The predicted molar refractivity (Wildman–Crippen MR) is 170 cm³/mol. The van der Waals surface area contributed by atoms with Gasteiger partial charge < -0.3 is 24.7 Å². The van der Waals surface area contributed by atoms with Crippen molar-refractivity contribution in [2.45, 2.75) is 48.4 Å². The number of ether oxygens (including phenoxy) is 2. The van der Waals surface area contributed by atoms with Crippen LogP contribution in [0.4, 0.5) is 16.2 Å². The summed E-state index contributed by atoms with van der Waals surface area (Å²) in [7, 11) is -0.497. The number of amides is 2. The van der Waals surface area contributed by atoms with E-state index in [9.17, 15) is 22.8 Å². The number of nitrogens with zero attached hydrogens (tertiary/aromatic N) is 1. The van der Waals surface area contributed by atoms with Crippen molar-refractivity contribution in [3.05, 3.63) is 93.9 Å². The minimum absolute atomic E-state index is 0.0491. The number of hydrogen-bond donors (Lipinski definition) is 3. The number of H-pyrrole nitrogens is 1. The maximum Gasteiger partial charge on any atom is 0.411 e. The van der Waals surface area contributed by atoms with Gasteiger partial charge >= 0.3 is 6.09 Å². The summed E-state index contributed by atoms with van der Waals surface area (Å²) >= 11 is 0. The summed E-state index contributed by atoms with van der Waals surface area (Å²) < 4.78 is 38.0. The van der Waals surface area contributed by atoms with Crippen LogP contribution in [0.25, 0.3) is 10.8 Å². The Labute approximate surface area is 260 Å². The normalized spacial score (nSPS) is 19.2. The van der Waals surface area contributed by atoms with Crippen molar-refractivity contribution >= 4 is 44.0 Å². The third kappa shape index (κ3) is 6.10. The molecule has 1 aliphatic carbocycles. The third-order valence-electron chi connectivity index (χ3n) is 8.28. The second kappa shape index (κ2) is 11.9. The van der Waals surface area contributed by atoms with Crippen molar-refractivity contribution in [2.24, 2.45) is 0 Å². The van der Waals surface area contributed by atoms with E-state index in [1.165, 1.54) is 24.1 Å². The van der Waals surface area contributed by atoms with Crippen LogP contribution >= 0.6 is 0 Å². The van der Waals surface area contributed by atoms with E-state index in [0.29, 0.717) is 46.5 Å². The van der Waals surface area contributed by atoms with Crippen LogP contribution in [0.15, 0.2) is 76.6 Å². The van der Waals surface area contributed by atoms with Crippen LogP contribution in [0, 0.1) is 0 Å². The van der Waals surface area contributed by atoms with Gasteiger partial charge in [0.1, 0.15) is 11.8 Å². The Balaban J connectivity index is 1.45. The maximum atomic E-state index is 14.3. The first-order chi connectivity index (χ1) is 21.5. The largest absolute Gasteiger partial charge is 0.496 e. The van der Waals surface area contributed by atoms with Crippen molar-refractivity contribution in [3.63, 3.8) is 0 Å². The number of sulfone groups is 1. The number of likely N-dealkylation sites (N-methyl/N-ethyl adjacent to an activating group) is 1. The predicted octanol–water partition coefficient (Wildman–Crippen LogP) is 4.95. The lowest BCUT2D eigenvalue weighted by molar-refractivity contribution is -0.131. The Morgan fingerprint density at radius 2 is 1.80 bits per heavy atom. The highest BCUT2D eigenvalue weighted by molar-refractivity contribution is 7.92. The van der Waals surface area contributed by atoms with Crippen molar-refractivity contribution in [3.8, 4) is 5.75 Å². The minimum Gasteiger partial charge on any atom is -0.496 e. The number of fused-ring (bicyclic) bond motifs is 10. The van der Waals surface area contributed by atoms with E-state index in [4.69, 9.17) is 9.47 Å². The zero-order valence-corrected chi connectivity index (χ0v) is 25.9. The molecule has 2 amide bonds. The second-order valence-electron chi connectivity index (χ2n) is 11.6. The molecule has 3 heterocycles. The van der Waals surface area contributed by atoms with Gasteiger partial charge in [-0.1, -0.05) is 25.1 Å². The molecule has 0 saturated heterocycles. The van der Waals surface area contributed by atoms with Crippen molar-refractivity contribution in [1.82, 2.24) is 9.88 Å². The molecular weight excluding hydrogens is 596 g/mol. The summed E-state index contributed by atoms with van der Waals surface area (Å²) in [6.45, 7) is 1.90. The number of hydrogen-bond acceptors (Lipinski definition) is 8. The lowest BCUT2D eigenvalue weighted by atomic mass is 9.96. The number of aromatic amines is 1. The van der Waals surface area contributed by atoms with E-state index in [1.807, 2.05) is 13.0 Å². The average Bonchev–Trinajstić information content (AvgIpc) is 3.88. The van der Waals surface area contributed by atoms with Crippen molar-refractivity contribution < 1.29 is 27.5 Å². The number of nitrogens with one attached hydrogen (secondary N) is 3. The van der Waals surface area contributed by atoms with E-state index in [2.05, 4.69) is 15.6 Å². The zero-order valence-electron chi connectivity index (χ0n) is 25.1. The van der Waals surface area contributed by atoms with Crippen LogP contribution < -0.4 is 20.9 Å². The van der Waals surface area contributed by atoms with E-state index >= 15 is 0 Å². The molecule has 3 N–H and O–H groups in total. The molecule has 1 saturated carbocycles. The van der Waals surface area contributed by atoms with E-state index in [-0.39, 0.29) is 35.4 Å². The number of carbonyl (C=O) groups is 2. The standard InChI is InChI=1S/C33H34N4O7S/c1-19-18-44-33(40)36-23-7-11-29(45(41,42)25-8-9-25)22(14-23)17-37(2)32(39)30(21-5-10-26(19)28(15-21)43-3)35-24-6-4-20-12-13-34-31(38)27(20)16-24/h4-7,10-16,19,25,30,35H,8-9,17-18H2,1-3H3,(H,34,38)(H,36,40)/t19?,30-/m1/s1. The molecule has 1 aromatic heterocycles. The highest BCUT2D eigenvalue weighted by atomic mass is 32.2. The molecule has 11 nitrogen and oxygen atoms in total. The highest BCUT2D eigenvalue weighted by Gasteiger charge is 2.38. The molecule has 0 radical (unpaired) electrons. The number of carbonyl (C=O) groups excluding carboxylic acids is 2. The number of aromatic nitrogens is 1. The summed E-state index contributed by atoms with van der Waals surface area (Å²) in [5.74, 6) is -0.0813. The fraction of sp³-hybridized carbons (Fsp3) is 0.303. The Hall–Kier alpha value is -4.84. The molecule has 4 aromatic rings. The molecule has 1 unspecified atom stereocenters. The van der Waals surface area contributed by atoms with Crippen LogP contribution in [0.1, 0.15) is 48.4 Å². The molecule has 1 fully saturated rings. The Kier molecular flexibility index (Phi) is 8.00. The van der Waals surface area contributed by atoms with Gasteiger partial charge in [-0.2, -0.15) is 0 Å². The quantitative estimate of drug-likeness (QED) is 0.281. The molecule has 2 atom stereocenters. The van der Waals surface area contributed by atoms with Crippen LogP contribution in [0.3, 0.4) is 0 Å². The maximum absolute atomic E-state index is 14.3. The highest BCUT2D eigenvalue weighted by Crippen LogP contribution is 2.37. The summed E-state index contributed by atoms with van der Waals surface area (Å²) in [4.78, 5) is 43.8. The average molecular weight is 631 g/mol. The van der Waals surface area contributed by atoms with Gasteiger partial charge in [-0.3, -0.25) is 14.9 Å². The molecular formula is C33H34N4O7S. The molecule has 3 aliphatic rings. The molecule has 0 spiro atoms. The molecule has 12 heteroatoms. The zero-order chi connectivity index (χ0) is 31.9. The number of anilines is 2. The van der Waals surface area contributed by atoms with Gasteiger partial charge in [0.25, 0.3) is 5.56 Å². The number of benzene rings is 3. The number of rotatable bonds is 5. The molecule has 234 valence electrons. The fourth-order valence-corrected chi connectivity index (χ4v) is 7.52. The molecule has 4 bridgehead atoms. The van der Waals surface area contributed by atoms with Gasteiger partial charge in [0.2, 0.25) is 5.91 Å². The first-order valence-electron chi connectivity index (χ1n) is 14.7. The lowest BCUT2D eigenvalue weighted by Gasteiger charge is -2.28. The number of pyridine rings is 1. The minimum atomic E-state index is -3.62. The van der Waals surface area contributed by atoms with Gasteiger partial charge in [-0.05, 0) is 71.8 Å². The molecule has 3 aromatic carbocycles. The topological polar surface area (TPSA) is 147 Å². The molecule has 2 aliphatic heterocycles. The Morgan fingerprint density at radius 1 is 1.00 bits per heavy atom. The van der Waals surface area contributed by atoms with E-state index in [1.54, 1.807) is 55.7 Å². The summed E-state index contributed by atoms with van der Waals surface area (Å²) in [5, 5.41) is 6.75. The van der Waals surface area contributed by atoms with Gasteiger partial charge in [-0.25, -0.2) is 13.2 Å². The van der Waals surface area contributed by atoms with Gasteiger partial charge in [-0.15, -0.1) is 0 Å². The first-order valence-corrected chi connectivity index (χ1v) is 16.2. The van der Waals surface area contributed by atoms with E-state index < -0.39 is 27.2 Å². The van der Waals surface area contributed by atoms with Gasteiger partial charge in [0.05, 0.1) is 23.9 Å². The fourth-order valence-electron chi connectivity index (χ4n) is 5.66. The van der Waals surface area contributed by atoms with Crippen LogP contribution in [0.5, 0.6) is 5.75 Å². The third-order valence-corrected chi connectivity index (χ3v) is 10.6. The summed E-state index contributed by atoms with van der Waals surface area (Å²) in [6, 6.07) is 16.1. The Morgan fingerprint density at radius 3 is 2.56 bits per heavy atom. The SMILES string of the molecule is COc1cc2ccc1C(C)COC(=O)Nc1ccc(S(=O)(=O)C3CC3)c(c1)CN(C)C(=O)[C@@H]2Nc1ccc2cc[nH]c(=O)c2c1. The van der Waals surface area contributed by atoms with Crippen LogP contribution in [-0.4, -0.2) is 56.3 Å². The molecule has 7 rings (SSSR count). The van der Waals surface area contributed by atoms with E-state index in [0.717, 1.165) is 10.9 Å². The van der Waals surface area contributed by atoms with Gasteiger partial charge in [0, 0.05) is 48.0 Å². The summed E-state index contributed by atoms with van der Waals surface area (Å²) in [6.07, 6.45) is 2.06. The lowest BCUT2D eigenvalue weighted by Crippen LogP contribution is -2.35. The smallest absolute Gasteiger partial charge is 0.411 e. The van der Waals surface area contributed by atoms with Gasteiger partial charge in [0.15, 0.2) is 9.84 Å².